The van der Waals surface area contributed by atoms with Crippen LogP contribution in [0.25, 0.3) is 0 Å². The molecule has 5 heteroatoms. The lowest BCUT2D eigenvalue weighted by Crippen LogP contribution is -2.58. The SMILES string of the molecule is COC(=O)[C@@]1(N(C)C(=O)c2ccccn2)CCC[C@@H](C)C1. The summed E-state index contributed by atoms with van der Waals surface area (Å²) in [5.74, 6) is -0.187. The number of aromatic nitrogens is 1. The standard InChI is InChI=1S/C16H22N2O3/c1-12-7-6-9-16(11-12,15(20)21-3)18(2)14(19)13-8-4-5-10-17-13/h4-5,8,10,12H,6-7,9,11H2,1-3H3/t12-,16-/m1/s1. The summed E-state index contributed by atoms with van der Waals surface area (Å²) in [5, 5.41) is 0. The maximum absolute atomic E-state index is 12.6. The Balaban J connectivity index is 2.32. The molecule has 1 fully saturated rings. The van der Waals surface area contributed by atoms with Crippen molar-refractivity contribution < 1.29 is 14.3 Å². The second-order valence-corrected chi connectivity index (χ2v) is 5.80. The molecule has 0 unspecified atom stereocenters. The lowest BCUT2D eigenvalue weighted by Gasteiger charge is -2.43. The predicted octanol–water partition coefficient (Wildman–Crippen LogP) is 2.28. The maximum atomic E-state index is 12.6. The summed E-state index contributed by atoms with van der Waals surface area (Å²) in [6.07, 6.45) is 4.84. The first-order chi connectivity index (χ1) is 10.0. The molecule has 114 valence electrons. The summed E-state index contributed by atoms with van der Waals surface area (Å²) in [6, 6.07) is 5.19. The highest BCUT2D eigenvalue weighted by Gasteiger charge is 2.48. The van der Waals surface area contributed by atoms with Gasteiger partial charge in [0.2, 0.25) is 0 Å². The van der Waals surface area contributed by atoms with Gasteiger partial charge in [-0.05, 0) is 30.9 Å². The van der Waals surface area contributed by atoms with E-state index in [0.717, 1.165) is 12.8 Å². The minimum atomic E-state index is -0.874. The van der Waals surface area contributed by atoms with E-state index in [4.69, 9.17) is 4.74 Å². The van der Waals surface area contributed by atoms with E-state index >= 15 is 0 Å². The number of amides is 1. The molecule has 0 N–H and O–H groups in total. The fourth-order valence-corrected chi connectivity index (χ4v) is 3.20. The van der Waals surface area contributed by atoms with Crippen LogP contribution in [0.1, 0.15) is 43.1 Å². The molecule has 1 aromatic heterocycles. The molecule has 1 heterocycles. The van der Waals surface area contributed by atoms with E-state index < -0.39 is 5.54 Å². The van der Waals surface area contributed by atoms with Gasteiger partial charge in [0.25, 0.3) is 5.91 Å². The van der Waals surface area contributed by atoms with Gasteiger partial charge in [0, 0.05) is 13.2 Å². The first kappa shape index (κ1) is 15.5. The van der Waals surface area contributed by atoms with Crippen molar-refractivity contribution in [1.29, 1.82) is 0 Å². The number of nitrogens with zero attached hydrogens (tertiary/aromatic N) is 2. The smallest absolute Gasteiger partial charge is 0.331 e. The molecule has 21 heavy (non-hydrogen) atoms. The van der Waals surface area contributed by atoms with Gasteiger partial charge in [0.05, 0.1) is 7.11 Å². The Morgan fingerprint density at radius 2 is 2.19 bits per heavy atom. The number of hydrogen-bond donors (Lipinski definition) is 0. The van der Waals surface area contributed by atoms with Crippen molar-refractivity contribution in [2.45, 2.75) is 38.1 Å². The Hall–Kier alpha value is -1.91. The molecule has 2 rings (SSSR count). The van der Waals surface area contributed by atoms with Gasteiger partial charge in [0.15, 0.2) is 0 Å². The normalized spacial score (nSPS) is 25.2. The van der Waals surface area contributed by atoms with Crippen LogP contribution in [0.2, 0.25) is 0 Å². The van der Waals surface area contributed by atoms with Gasteiger partial charge in [-0.15, -0.1) is 0 Å². The summed E-state index contributed by atoms with van der Waals surface area (Å²) < 4.78 is 5.00. The molecule has 0 radical (unpaired) electrons. The zero-order valence-corrected chi connectivity index (χ0v) is 12.8. The van der Waals surface area contributed by atoms with Gasteiger partial charge in [0.1, 0.15) is 11.2 Å². The Morgan fingerprint density at radius 1 is 1.43 bits per heavy atom. The first-order valence-electron chi connectivity index (χ1n) is 7.29. The quantitative estimate of drug-likeness (QED) is 0.801. The minimum absolute atomic E-state index is 0.241. The van der Waals surface area contributed by atoms with E-state index in [9.17, 15) is 9.59 Å². The molecule has 1 aliphatic carbocycles. The molecule has 2 atom stereocenters. The van der Waals surface area contributed by atoms with Gasteiger partial charge >= 0.3 is 5.97 Å². The van der Waals surface area contributed by atoms with Crippen molar-refractivity contribution in [2.75, 3.05) is 14.2 Å². The highest BCUT2D eigenvalue weighted by Crippen LogP contribution is 2.37. The van der Waals surface area contributed by atoms with Crippen molar-refractivity contribution in [3.8, 4) is 0 Å². The van der Waals surface area contributed by atoms with Crippen molar-refractivity contribution in [1.82, 2.24) is 9.88 Å². The van der Waals surface area contributed by atoms with Crippen LogP contribution >= 0.6 is 0 Å². The topological polar surface area (TPSA) is 59.5 Å². The van der Waals surface area contributed by atoms with Crippen LogP contribution in [-0.2, 0) is 9.53 Å². The average molecular weight is 290 g/mol. The van der Waals surface area contributed by atoms with Gasteiger partial charge in [-0.25, -0.2) is 4.79 Å². The summed E-state index contributed by atoms with van der Waals surface area (Å²) >= 11 is 0. The van der Waals surface area contributed by atoms with Crippen LogP contribution in [-0.4, -0.2) is 41.5 Å². The number of carbonyl (C=O) groups is 2. The highest BCUT2D eigenvalue weighted by atomic mass is 16.5. The van der Waals surface area contributed by atoms with Crippen LogP contribution in [0.5, 0.6) is 0 Å². The monoisotopic (exact) mass is 290 g/mol. The van der Waals surface area contributed by atoms with Crippen molar-refractivity contribution in [3.63, 3.8) is 0 Å². The van der Waals surface area contributed by atoms with Gasteiger partial charge in [-0.3, -0.25) is 9.78 Å². The van der Waals surface area contributed by atoms with E-state index in [0.29, 0.717) is 24.5 Å². The summed E-state index contributed by atoms with van der Waals surface area (Å²) in [4.78, 5) is 30.6. The summed E-state index contributed by atoms with van der Waals surface area (Å²) in [6.45, 7) is 2.11. The Morgan fingerprint density at radius 3 is 2.76 bits per heavy atom. The molecule has 0 saturated heterocycles. The Bertz CT molecular complexity index is 518. The van der Waals surface area contributed by atoms with E-state index in [1.165, 1.54) is 12.0 Å². The predicted molar refractivity (Wildman–Crippen MR) is 78.7 cm³/mol. The third-order valence-electron chi connectivity index (χ3n) is 4.37. The molecule has 0 spiro atoms. The second-order valence-electron chi connectivity index (χ2n) is 5.80. The van der Waals surface area contributed by atoms with E-state index in [2.05, 4.69) is 11.9 Å². The largest absolute Gasteiger partial charge is 0.467 e. The lowest BCUT2D eigenvalue weighted by molar-refractivity contribution is -0.156. The number of pyridine rings is 1. The minimum Gasteiger partial charge on any atom is -0.467 e. The third kappa shape index (κ3) is 2.91. The van der Waals surface area contributed by atoms with Crippen molar-refractivity contribution in [2.24, 2.45) is 5.92 Å². The molecule has 1 aliphatic rings. The fourth-order valence-electron chi connectivity index (χ4n) is 3.20. The summed E-state index contributed by atoms with van der Waals surface area (Å²) in [5.41, 5.74) is -0.525. The Kier molecular flexibility index (Phi) is 4.60. The molecule has 5 nitrogen and oxygen atoms in total. The number of hydrogen-bond acceptors (Lipinski definition) is 4. The molecule has 1 aromatic rings. The van der Waals surface area contributed by atoms with Crippen LogP contribution in [0.15, 0.2) is 24.4 Å². The number of methoxy groups -OCH3 is 1. The molecule has 0 bridgehead atoms. The third-order valence-corrected chi connectivity index (χ3v) is 4.37. The van der Waals surface area contributed by atoms with Crippen molar-refractivity contribution >= 4 is 11.9 Å². The average Bonchev–Trinajstić information content (AvgIpc) is 2.53. The van der Waals surface area contributed by atoms with Crippen molar-refractivity contribution in [3.05, 3.63) is 30.1 Å². The zero-order valence-electron chi connectivity index (χ0n) is 12.8. The van der Waals surface area contributed by atoms with Gasteiger partial charge < -0.3 is 9.64 Å². The van der Waals surface area contributed by atoms with Crippen LogP contribution in [0.3, 0.4) is 0 Å². The Labute approximate surface area is 125 Å². The lowest BCUT2D eigenvalue weighted by atomic mass is 9.75. The number of carbonyl (C=O) groups excluding carboxylic acids is 2. The molecule has 1 saturated carbocycles. The van der Waals surface area contributed by atoms with Gasteiger partial charge in [-0.1, -0.05) is 25.8 Å². The zero-order chi connectivity index (χ0) is 15.5. The van der Waals surface area contributed by atoms with Crippen LogP contribution in [0.4, 0.5) is 0 Å². The van der Waals surface area contributed by atoms with E-state index in [1.54, 1.807) is 31.4 Å². The number of ether oxygens (including phenoxy) is 1. The number of esters is 1. The highest BCUT2D eigenvalue weighted by molar-refractivity contribution is 5.96. The molecule has 0 aliphatic heterocycles. The van der Waals surface area contributed by atoms with Crippen LogP contribution < -0.4 is 0 Å². The fraction of sp³-hybridized carbons (Fsp3) is 0.562. The van der Waals surface area contributed by atoms with E-state index in [-0.39, 0.29) is 11.9 Å². The molecule has 1 amide bonds. The maximum Gasteiger partial charge on any atom is 0.331 e. The molecular formula is C16H22N2O3. The molecular weight excluding hydrogens is 268 g/mol. The number of likely N-dealkylation sites (N-methyl/N-ethyl adjacent to an activating group) is 1. The van der Waals surface area contributed by atoms with Gasteiger partial charge in [-0.2, -0.15) is 0 Å². The van der Waals surface area contributed by atoms with Crippen LogP contribution in [0, 0.1) is 5.92 Å². The second kappa shape index (κ2) is 6.24. The first-order valence-corrected chi connectivity index (χ1v) is 7.29. The molecule has 0 aromatic carbocycles. The van der Waals surface area contributed by atoms with E-state index in [1.807, 2.05) is 0 Å². The summed E-state index contributed by atoms with van der Waals surface area (Å²) in [7, 11) is 3.05. The number of rotatable bonds is 3.